The highest BCUT2D eigenvalue weighted by atomic mass is 16.5. The largest absolute Gasteiger partial charge is 0.497 e. The number of nitrogens with two attached hydrogens (primary N) is 1. The van der Waals surface area contributed by atoms with E-state index in [4.69, 9.17) is 15.2 Å². The Morgan fingerprint density at radius 2 is 1.78 bits per heavy atom. The van der Waals surface area contributed by atoms with Gasteiger partial charge >= 0.3 is 5.97 Å². The quantitative estimate of drug-likeness (QED) is 0.569. The first kappa shape index (κ1) is 14.5. The third kappa shape index (κ3) is 5.19. The van der Waals surface area contributed by atoms with Gasteiger partial charge in [-0.25, -0.2) is 4.79 Å². The zero-order valence-corrected chi connectivity index (χ0v) is 10.9. The second-order valence-corrected chi connectivity index (χ2v) is 4.07. The van der Waals surface area contributed by atoms with Crippen LogP contribution in [-0.2, 0) is 4.74 Å². The van der Waals surface area contributed by atoms with E-state index >= 15 is 0 Å². The molecule has 1 aromatic rings. The van der Waals surface area contributed by atoms with E-state index < -0.39 is 0 Å². The molecular formula is C14H21NO3. The van der Waals surface area contributed by atoms with Gasteiger partial charge < -0.3 is 15.2 Å². The van der Waals surface area contributed by atoms with Crippen LogP contribution in [0.15, 0.2) is 24.3 Å². The van der Waals surface area contributed by atoms with Crippen molar-refractivity contribution in [2.75, 3.05) is 20.3 Å². The Morgan fingerprint density at radius 1 is 1.11 bits per heavy atom. The molecule has 0 bridgehead atoms. The lowest BCUT2D eigenvalue weighted by atomic mass is 10.2. The maximum Gasteiger partial charge on any atom is 0.338 e. The minimum atomic E-state index is -0.281. The van der Waals surface area contributed by atoms with Crippen LogP contribution in [0.2, 0.25) is 0 Å². The number of hydrogen-bond donors (Lipinski definition) is 1. The monoisotopic (exact) mass is 251 g/mol. The lowest BCUT2D eigenvalue weighted by Gasteiger charge is -2.05. The van der Waals surface area contributed by atoms with E-state index in [1.165, 1.54) is 0 Å². The zero-order valence-electron chi connectivity index (χ0n) is 10.9. The predicted molar refractivity (Wildman–Crippen MR) is 70.8 cm³/mol. The Kier molecular flexibility index (Phi) is 6.87. The summed E-state index contributed by atoms with van der Waals surface area (Å²) in [4.78, 5) is 11.7. The smallest absolute Gasteiger partial charge is 0.338 e. The number of methoxy groups -OCH3 is 1. The van der Waals surface area contributed by atoms with Crippen LogP contribution in [-0.4, -0.2) is 26.2 Å². The van der Waals surface area contributed by atoms with Crippen molar-refractivity contribution in [1.82, 2.24) is 0 Å². The van der Waals surface area contributed by atoms with Gasteiger partial charge in [-0.2, -0.15) is 0 Å². The molecule has 4 nitrogen and oxygen atoms in total. The molecule has 1 rings (SSSR count). The van der Waals surface area contributed by atoms with E-state index in [1.54, 1.807) is 31.4 Å². The van der Waals surface area contributed by atoms with Gasteiger partial charge in [-0.15, -0.1) is 0 Å². The standard InChI is InChI=1S/C14H21NO3/c1-17-13-8-6-12(7-9-13)14(16)18-11-5-3-2-4-10-15/h6-9H,2-5,10-11,15H2,1H3. The maximum atomic E-state index is 11.7. The summed E-state index contributed by atoms with van der Waals surface area (Å²) in [5.74, 6) is 0.449. The summed E-state index contributed by atoms with van der Waals surface area (Å²) in [5.41, 5.74) is 5.95. The number of carbonyl (C=O) groups is 1. The number of hydrogen-bond acceptors (Lipinski definition) is 4. The summed E-state index contributed by atoms with van der Waals surface area (Å²) in [6.45, 7) is 1.20. The predicted octanol–water partition coefficient (Wildman–Crippen LogP) is 2.37. The van der Waals surface area contributed by atoms with Crippen LogP contribution in [0.3, 0.4) is 0 Å². The molecule has 0 aliphatic carbocycles. The first-order valence-corrected chi connectivity index (χ1v) is 6.29. The molecule has 4 heteroatoms. The molecular weight excluding hydrogens is 230 g/mol. The fraction of sp³-hybridized carbons (Fsp3) is 0.500. The third-order valence-electron chi connectivity index (χ3n) is 2.66. The van der Waals surface area contributed by atoms with Crippen LogP contribution in [0.1, 0.15) is 36.0 Å². The molecule has 0 heterocycles. The average Bonchev–Trinajstić information content (AvgIpc) is 2.42. The molecule has 1 aromatic carbocycles. The number of esters is 1. The molecule has 0 aliphatic rings. The van der Waals surface area contributed by atoms with Crippen LogP contribution in [0.5, 0.6) is 5.75 Å². The number of carbonyl (C=O) groups excluding carboxylic acids is 1. The van der Waals surface area contributed by atoms with Gasteiger partial charge in [0.25, 0.3) is 0 Å². The molecule has 0 saturated carbocycles. The molecule has 0 amide bonds. The van der Waals surface area contributed by atoms with Crippen molar-refractivity contribution in [3.63, 3.8) is 0 Å². The van der Waals surface area contributed by atoms with E-state index in [2.05, 4.69) is 0 Å². The van der Waals surface area contributed by atoms with Crippen LogP contribution in [0, 0.1) is 0 Å². The first-order chi connectivity index (χ1) is 8.77. The molecule has 0 spiro atoms. The van der Waals surface area contributed by atoms with Gasteiger partial charge in [0.05, 0.1) is 19.3 Å². The minimum Gasteiger partial charge on any atom is -0.497 e. The Bertz CT molecular complexity index is 349. The Labute approximate surface area is 108 Å². The summed E-state index contributed by atoms with van der Waals surface area (Å²) in [5, 5.41) is 0. The van der Waals surface area contributed by atoms with Crippen molar-refractivity contribution in [3.8, 4) is 5.75 Å². The van der Waals surface area contributed by atoms with Gasteiger partial charge in [0.15, 0.2) is 0 Å². The average molecular weight is 251 g/mol. The van der Waals surface area contributed by atoms with Crippen molar-refractivity contribution in [1.29, 1.82) is 0 Å². The molecule has 0 aliphatic heterocycles. The zero-order chi connectivity index (χ0) is 13.2. The van der Waals surface area contributed by atoms with Gasteiger partial charge in [-0.1, -0.05) is 12.8 Å². The third-order valence-corrected chi connectivity index (χ3v) is 2.66. The number of unbranched alkanes of at least 4 members (excludes halogenated alkanes) is 3. The first-order valence-electron chi connectivity index (χ1n) is 6.29. The molecule has 2 N–H and O–H groups in total. The number of rotatable bonds is 8. The Morgan fingerprint density at radius 3 is 2.39 bits per heavy atom. The van der Waals surface area contributed by atoms with E-state index in [0.29, 0.717) is 12.2 Å². The lowest BCUT2D eigenvalue weighted by molar-refractivity contribution is 0.0497. The van der Waals surface area contributed by atoms with Crippen molar-refractivity contribution >= 4 is 5.97 Å². The summed E-state index contributed by atoms with van der Waals surface area (Å²) in [7, 11) is 1.59. The van der Waals surface area contributed by atoms with Gasteiger partial charge in [-0.3, -0.25) is 0 Å². The second-order valence-electron chi connectivity index (χ2n) is 4.07. The number of benzene rings is 1. The minimum absolute atomic E-state index is 0.281. The summed E-state index contributed by atoms with van der Waals surface area (Å²) < 4.78 is 10.2. The fourth-order valence-electron chi connectivity index (χ4n) is 1.58. The highest BCUT2D eigenvalue weighted by Gasteiger charge is 2.06. The summed E-state index contributed by atoms with van der Waals surface area (Å²) in [6, 6.07) is 6.90. The molecule has 0 fully saturated rings. The van der Waals surface area contributed by atoms with Gasteiger partial charge in [0.1, 0.15) is 5.75 Å². The van der Waals surface area contributed by atoms with E-state index in [0.717, 1.165) is 38.0 Å². The van der Waals surface area contributed by atoms with E-state index in [9.17, 15) is 4.79 Å². The van der Waals surface area contributed by atoms with E-state index in [1.807, 2.05) is 0 Å². The molecule has 18 heavy (non-hydrogen) atoms. The number of ether oxygens (including phenoxy) is 2. The topological polar surface area (TPSA) is 61.5 Å². The fourth-order valence-corrected chi connectivity index (χ4v) is 1.58. The molecule has 0 unspecified atom stereocenters. The van der Waals surface area contributed by atoms with Gasteiger partial charge in [-0.05, 0) is 43.7 Å². The summed E-state index contributed by atoms with van der Waals surface area (Å²) in [6.07, 6.45) is 4.07. The lowest BCUT2D eigenvalue weighted by Crippen LogP contribution is -2.06. The Hall–Kier alpha value is -1.55. The molecule has 100 valence electrons. The van der Waals surface area contributed by atoms with Gasteiger partial charge in [0, 0.05) is 0 Å². The van der Waals surface area contributed by atoms with Crippen molar-refractivity contribution in [2.24, 2.45) is 5.73 Å². The van der Waals surface area contributed by atoms with Crippen molar-refractivity contribution < 1.29 is 14.3 Å². The molecule has 0 aromatic heterocycles. The molecule has 0 atom stereocenters. The van der Waals surface area contributed by atoms with Crippen molar-refractivity contribution in [2.45, 2.75) is 25.7 Å². The van der Waals surface area contributed by atoms with Crippen LogP contribution in [0.25, 0.3) is 0 Å². The highest BCUT2D eigenvalue weighted by Crippen LogP contribution is 2.12. The van der Waals surface area contributed by atoms with Gasteiger partial charge in [0.2, 0.25) is 0 Å². The summed E-state index contributed by atoms with van der Waals surface area (Å²) >= 11 is 0. The molecule has 0 saturated heterocycles. The van der Waals surface area contributed by atoms with E-state index in [-0.39, 0.29) is 5.97 Å². The molecule has 0 radical (unpaired) electrons. The van der Waals surface area contributed by atoms with Crippen LogP contribution >= 0.6 is 0 Å². The highest BCUT2D eigenvalue weighted by molar-refractivity contribution is 5.89. The SMILES string of the molecule is COc1ccc(C(=O)OCCCCCCN)cc1. The van der Waals surface area contributed by atoms with Crippen LogP contribution < -0.4 is 10.5 Å². The van der Waals surface area contributed by atoms with Crippen LogP contribution in [0.4, 0.5) is 0 Å². The van der Waals surface area contributed by atoms with Crippen molar-refractivity contribution in [3.05, 3.63) is 29.8 Å². The second kappa shape index (κ2) is 8.53. The maximum absolute atomic E-state index is 11.7. The normalized spacial score (nSPS) is 10.1. The Balaban J connectivity index is 2.23.